The maximum absolute atomic E-state index is 12.9. The number of piperazine rings is 1. The molecular formula is C26H31BrN8OS2. The molecule has 3 saturated heterocycles. The monoisotopic (exact) mass is 614 g/mol. The van der Waals surface area contributed by atoms with Gasteiger partial charge in [0.25, 0.3) is 0 Å². The maximum Gasteiger partial charge on any atom is 0.302 e. The summed E-state index contributed by atoms with van der Waals surface area (Å²) in [6, 6.07) is 10.2. The number of carbonyl (C=O) groups is 1. The van der Waals surface area contributed by atoms with Crippen LogP contribution in [0.1, 0.15) is 25.7 Å². The molecule has 0 bridgehead atoms. The third-order valence-corrected chi connectivity index (χ3v) is 9.38. The van der Waals surface area contributed by atoms with E-state index in [0.29, 0.717) is 13.1 Å². The van der Waals surface area contributed by atoms with E-state index in [0.717, 1.165) is 89.7 Å². The van der Waals surface area contributed by atoms with Crippen molar-refractivity contribution in [3.05, 3.63) is 40.2 Å². The fourth-order valence-electron chi connectivity index (χ4n) is 5.08. The highest BCUT2D eigenvalue weighted by Crippen LogP contribution is 2.30. The molecule has 2 aromatic heterocycles. The Morgan fingerprint density at radius 2 is 1.42 bits per heavy atom. The molecule has 0 aliphatic carbocycles. The van der Waals surface area contributed by atoms with E-state index in [1.165, 1.54) is 37.0 Å². The minimum atomic E-state index is 0.0169. The predicted molar refractivity (Wildman–Crippen MR) is 161 cm³/mol. The standard InChI is InChI=1S/C26H31BrN8OS2/c27-20-7-5-19(6-8-20)21-18-37-25(28-21)31-38-26(36)35-15-13-33(14-16-35)23-17-22(32-9-1-2-10-32)29-24(30-23)34-11-3-4-12-34/h5-8,17-18H,1-4,9-16H2,(H,28,31). The summed E-state index contributed by atoms with van der Waals surface area (Å²) < 4.78 is 4.18. The Morgan fingerprint density at radius 3 is 2.08 bits per heavy atom. The molecule has 3 aromatic rings. The van der Waals surface area contributed by atoms with E-state index < -0.39 is 0 Å². The number of thiazole rings is 1. The van der Waals surface area contributed by atoms with Gasteiger partial charge in [-0.25, -0.2) is 4.98 Å². The van der Waals surface area contributed by atoms with Gasteiger partial charge >= 0.3 is 5.24 Å². The number of nitrogens with zero attached hydrogens (tertiary/aromatic N) is 7. The first-order chi connectivity index (χ1) is 18.6. The molecule has 12 heteroatoms. The molecule has 0 saturated carbocycles. The van der Waals surface area contributed by atoms with Gasteiger partial charge in [-0.3, -0.25) is 9.52 Å². The Morgan fingerprint density at radius 1 is 0.816 bits per heavy atom. The first-order valence-electron chi connectivity index (χ1n) is 13.2. The smallest absolute Gasteiger partial charge is 0.302 e. The molecular weight excluding hydrogens is 584 g/mol. The molecule has 9 nitrogen and oxygen atoms in total. The lowest BCUT2D eigenvalue weighted by Crippen LogP contribution is -2.48. The van der Waals surface area contributed by atoms with Crippen LogP contribution in [0.15, 0.2) is 40.2 Å². The highest BCUT2D eigenvalue weighted by Gasteiger charge is 2.26. The van der Waals surface area contributed by atoms with E-state index in [1.807, 2.05) is 34.5 Å². The maximum atomic E-state index is 12.9. The topological polar surface area (TPSA) is 80.7 Å². The van der Waals surface area contributed by atoms with Gasteiger partial charge in [0.15, 0.2) is 5.13 Å². The lowest BCUT2D eigenvalue weighted by molar-refractivity contribution is 0.219. The predicted octanol–water partition coefficient (Wildman–Crippen LogP) is 5.57. The van der Waals surface area contributed by atoms with E-state index >= 15 is 0 Å². The van der Waals surface area contributed by atoms with Gasteiger partial charge in [-0.1, -0.05) is 28.1 Å². The van der Waals surface area contributed by atoms with Gasteiger partial charge in [-0.15, -0.1) is 11.3 Å². The average molecular weight is 616 g/mol. The quantitative estimate of drug-likeness (QED) is 0.359. The molecule has 0 atom stereocenters. The average Bonchev–Trinajstić information content (AvgIpc) is 3.75. The lowest BCUT2D eigenvalue weighted by Gasteiger charge is -2.35. The molecule has 0 unspecified atom stereocenters. The van der Waals surface area contributed by atoms with Gasteiger partial charge in [0.1, 0.15) is 11.6 Å². The largest absolute Gasteiger partial charge is 0.356 e. The van der Waals surface area contributed by atoms with Crippen LogP contribution in [0.5, 0.6) is 0 Å². The van der Waals surface area contributed by atoms with Crippen molar-refractivity contribution in [1.82, 2.24) is 19.9 Å². The number of nitrogens with one attached hydrogen (secondary N) is 1. The van der Waals surface area contributed by atoms with Crippen molar-refractivity contribution in [3.8, 4) is 11.3 Å². The molecule has 0 spiro atoms. The highest BCUT2D eigenvalue weighted by atomic mass is 79.9. The Labute approximate surface area is 239 Å². The summed E-state index contributed by atoms with van der Waals surface area (Å²) in [4.78, 5) is 36.4. The molecule has 3 fully saturated rings. The molecule has 200 valence electrons. The number of amides is 1. The summed E-state index contributed by atoms with van der Waals surface area (Å²) >= 11 is 6.07. The number of hydrogen-bond donors (Lipinski definition) is 1. The Balaban J connectivity index is 1.06. The normalized spacial score (nSPS) is 17.9. The number of anilines is 4. The number of benzene rings is 1. The second kappa shape index (κ2) is 11.7. The molecule has 6 rings (SSSR count). The van der Waals surface area contributed by atoms with Gasteiger partial charge in [-0.2, -0.15) is 9.97 Å². The third kappa shape index (κ3) is 5.86. The number of carbonyl (C=O) groups excluding carboxylic acids is 1. The van der Waals surface area contributed by atoms with Crippen molar-refractivity contribution in [2.75, 3.05) is 71.8 Å². The van der Waals surface area contributed by atoms with Gasteiger partial charge in [0.2, 0.25) is 5.95 Å². The number of rotatable bonds is 6. The fourth-order valence-corrected chi connectivity index (χ4v) is 6.76. The van der Waals surface area contributed by atoms with Gasteiger partial charge in [-0.05, 0) is 37.8 Å². The molecule has 1 N–H and O–H groups in total. The summed E-state index contributed by atoms with van der Waals surface area (Å²) in [7, 11) is 0. The molecule has 5 heterocycles. The van der Waals surface area contributed by atoms with Gasteiger partial charge in [0.05, 0.1) is 5.69 Å². The lowest BCUT2D eigenvalue weighted by atomic mass is 10.2. The zero-order chi connectivity index (χ0) is 25.9. The van der Waals surface area contributed by atoms with E-state index in [-0.39, 0.29) is 5.24 Å². The summed E-state index contributed by atoms with van der Waals surface area (Å²) in [5.41, 5.74) is 1.95. The van der Waals surface area contributed by atoms with Crippen molar-refractivity contribution in [1.29, 1.82) is 0 Å². The zero-order valence-corrected chi connectivity index (χ0v) is 24.4. The van der Waals surface area contributed by atoms with Crippen molar-refractivity contribution in [2.45, 2.75) is 25.7 Å². The molecule has 1 aromatic carbocycles. The van der Waals surface area contributed by atoms with Gasteiger partial charge < -0.3 is 19.6 Å². The minimum absolute atomic E-state index is 0.0169. The van der Waals surface area contributed by atoms with Crippen molar-refractivity contribution < 1.29 is 4.79 Å². The third-order valence-electron chi connectivity index (χ3n) is 7.24. The Kier molecular flexibility index (Phi) is 7.89. The first kappa shape index (κ1) is 25.7. The Hall–Kier alpha value is -2.57. The van der Waals surface area contributed by atoms with Crippen LogP contribution < -0.4 is 19.4 Å². The second-order valence-electron chi connectivity index (χ2n) is 9.76. The van der Waals surface area contributed by atoms with Crippen LogP contribution >= 0.6 is 39.2 Å². The second-order valence-corrected chi connectivity index (χ2v) is 12.3. The van der Waals surface area contributed by atoms with Crippen LogP contribution in [0.3, 0.4) is 0 Å². The van der Waals surface area contributed by atoms with Crippen LogP contribution in [-0.2, 0) is 0 Å². The van der Waals surface area contributed by atoms with Crippen LogP contribution in [-0.4, -0.2) is 77.4 Å². The molecule has 0 radical (unpaired) electrons. The number of aromatic nitrogens is 3. The summed E-state index contributed by atoms with van der Waals surface area (Å²) in [5, 5.41) is 2.75. The number of halogens is 1. The first-order valence-corrected chi connectivity index (χ1v) is 15.7. The fraction of sp³-hybridized carbons (Fsp3) is 0.462. The SMILES string of the molecule is O=C(SNc1nc(-c2ccc(Br)cc2)cs1)N1CCN(c2cc(N3CCCC3)nc(N3CCCC3)n2)CC1. The number of hydrogen-bond acceptors (Lipinski definition) is 10. The van der Waals surface area contributed by atoms with Crippen LogP contribution in [0.25, 0.3) is 11.3 Å². The van der Waals surface area contributed by atoms with E-state index in [9.17, 15) is 4.79 Å². The van der Waals surface area contributed by atoms with E-state index in [4.69, 9.17) is 9.97 Å². The highest BCUT2D eigenvalue weighted by molar-refractivity contribution is 9.10. The molecule has 38 heavy (non-hydrogen) atoms. The Bertz CT molecular complexity index is 1220. The van der Waals surface area contributed by atoms with E-state index in [2.05, 4.69) is 46.4 Å². The molecule has 1 amide bonds. The van der Waals surface area contributed by atoms with Crippen LogP contribution in [0.4, 0.5) is 27.5 Å². The van der Waals surface area contributed by atoms with Crippen LogP contribution in [0.2, 0.25) is 0 Å². The van der Waals surface area contributed by atoms with Crippen molar-refractivity contribution in [3.63, 3.8) is 0 Å². The van der Waals surface area contributed by atoms with Crippen molar-refractivity contribution >= 4 is 67.2 Å². The van der Waals surface area contributed by atoms with Crippen LogP contribution in [0, 0.1) is 0 Å². The van der Waals surface area contributed by atoms with Crippen molar-refractivity contribution in [2.24, 2.45) is 0 Å². The minimum Gasteiger partial charge on any atom is -0.356 e. The summed E-state index contributed by atoms with van der Waals surface area (Å²) in [6.45, 7) is 7.02. The zero-order valence-electron chi connectivity index (χ0n) is 21.2. The molecule has 3 aliphatic heterocycles. The molecule has 3 aliphatic rings. The summed E-state index contributed by atoms with van der Waals surface area (Å²) in [5.74, 6) is 2.87. The summed E-state index contributed by atoms with van der Waals surface area (Å²) in [6.07, 6.45) is 4.84. The van der Waals surface area contributed by atoms with E-state index in [1.54, 1.807) is 0 Å². The van der Waals surface area contributed by atoms with Gasteiger partial charge in [0, 0.05) is 85.8 Å².